The van der Waals surface area contributed by atoms with Crippen molar-refractivity contribution in [1.82, 2.24) is 4.98 Å². The van der Waals surface area contributed by atoms with Crippen LogP contribution in [-0.2, 0) is 9.59 Å². The molecule has 0 saturated heterocycles. The molecule has 0 radical (unpaired) electrons. The molecule has 0 atom stereocenters. The molecule has 3 aromatic rings. The summed E-state index contributed by atoms with van der Waals surface area (Å²) in [4.78, 5) is 28.2. The highest BCUT2D eigenvalue weighted by atomic mass is 19.1. The van der Waals surface area contributed by atoms with E-state index in [1.54, 1.807) is 54.6 Å². The molecule has 0 aliphatic rings. The van der Waals surface area contributed by atoms with Gasteiger partial charge in [0.1, 0.15) is 23.3 Å². The Hall–Kier alpha value is -4.13. The summed E-state index contributed by atoms with van der Waals surface area (Å²) >= 11 is 0. The largest absolute Gasteiger partial charge is 0.307 e. The van der Waals surface area contributed by atoms with E-state index in [9.17, 15) is 18.4 Å². The molecule has 7 heteroatoms. The normalized spacial score (nSPS) is 11.0. The Morgan fingerprint density at radius 3 is 1.47 bits per heavy atom. The van der Waals surface area contributed by atoms with Crippen LogP contribution in [0.1, 0.15) is 11.1 Å². The third-order valence-corrected chi connectivity index (χ3v) is 3.85. The van der Waals surface area contributed by atoms with Crippen LogP contribution in [0.3, 0.4) is 0 Å². The number of hydrogen-bond acceptors (Lipinski definition) is 3. The highest BCUT2D eigenvalue weighted by Crippen LogP contribution is 2.11. The number of aromatic nitrogens is 1. The molecule has 2 amide bonds. The Morgan fingerprint density at radius 2 is 1.07 bits per heavy atom. The lowest BCUT2D eigenvalue weighted by Gasteiger charge is -2.05. The summed E-state index contributed by atoms with van der Waals surface area (Å²) in [5.41, 5.74) is 1.35. The van der Waals surface area contributed by atoms with Crippen LogP contribution in [0.25, 0.3) is 12.2 Å². The van der Waals surface area contributed by atoms with Crippen LogP contribution in [-0.4, -0.2) is 16.8 Å². The molecule has 2 aromatic carbocycles. The zero-order valence-corrected chi connectivity index (χ0v) is 15.7. The number of pyridine rings is 1. The smallest absolute Gasteiger partial charge is 0.249 e. The maximum absolute atomic E-state index is 12.9. The molecule has 150 valence electrons. The van der Waals surface area contributed by atoms with Crippen molar-refractivity contribution in [3.05, 3.63) is 102 Å². The maximum atomic E-state index is 12.9. The average Bonchev–Trinajstić information content (AvgIpc) is 2.73. The molecule has 30 heavy (non-hydrogen) atoms. The summed E-state index contributed by atoms with van der Waals surface area (Å²) in [5.74, 6) is -1.05. The van der Waals surface area contributed by atoms with E-state index in [1.165, 1.54) is 36.4 Å². The van der Waals surface area contributed by atoms with Gasteiger partial charge in [-0.2, -0.15) is 0 Å². The highest BCUT2D eigenvalue weighted by molar-refractivity contribution is 6.03. The van der Waals surface area contributed by atoms with Crippen LogP contribution in [0.2, 0.25) is 0 Å². The number of nitrogens with one attached hydrogen (secondary N) is 2. The molecule has 0 spiro atoms. The summed E-state index contributed by atoms with van der Waals surface area (Å²) in [7, 11) is 0. The van der Waals surface area contributed by atoms with E-state index < -0.39 is 11.8 Å². The van der Waals surface area contributed by atoms with Gasteiger partial charge in [-0.05, 0) is 59.7 Å². The fourth-order valence-corrected chi connectivity index (χ4v) is 2.40. The number of carbonyl (C=O) groups is 2. The van der Waals surface area contributed by atoms with Crippen molar-refractivity contribution in [2.24, 2.45) is 0 Å². The summed E-state index contributed by atoms with van der Waals surface area (Å²) in [5, 5.41) is 5.17. The summed E-state index contributed by atoms with van der Waals surface area (Å²) < 4.78 is 25.8. The number of benzene rings is 2. The summed E-state index contributed by atoms with van der Waals surface area (Å²) in [6, 6.07) is 16.2. The van der Waals surface area contributed by atoms with E-state index in [0.717, 1.165) is 0 Å². The molecule has 0 saturated carbocycles. The van der Waals surface area contributed by atoms with E-state index in [2.05, 4.69) is 15.6 Å². The van der Waals surface area contributed by atoms with Gasteiger partial charge in [-0.1, -0.05) is 30.3 Å². The van der Waals surface area contributed by atoms with Gasteiger partial charge in [-0.3, -0.25) is 9.59 Å². The van der Waals surface area contributed by atoms with Crippen LogP contribution in [0, 0.1) is 11.6 Å². The zero-order chi connectivity index (χ0) is 21.3. The molecule has 5 nitrogen and oxygen atoms in total. The fraction of sp³-hybridized carbons (Fsp3) is 0. The van der Waals surface area contributed by atoms with Gasteiger partial charge in [-0.15, -0.1) is 0 Å². The minimum atomic E-state index is -0.425. The van der Waals surface area contributed by atoms with E-state index in [4.69, 9.17) is 0 Å². The Balaban J connectivity index is 1.57. The van der Waals surface area contributed by atoms with Crippen molar-refractivity contribution in [3.63, 3.8) is 0 Å². The molecular weight excluding hydrogens is 388 g/mol. The fourth-order valence-electron chi connectivity index (χ4n) is 2.40. The van der Waals surface area contributed by atoms with Gasteiger partial charge in [0.05, 0.1) is 0 Å². The molecular formula is C23H17F2N3O2. The lowest BCUT2D eigenvalue weighted by Crippen LogP contribution is -2.12. The van der Waals surface area contributed by atoms with Crippen LogP contribution >= 0.6 is 0 Å². The van der Waals surface area contributed by atoms with Gasteiger partial charge in [0, 0.05) is 12.2 Å². The summed E-state index contributed by atoms with van der Waals surface area (Å²) in [6.45, 7) is 0. The van der Waals surface area contributed by atoms with Crippen LogP contribution in [0.15, 0.2) is 78.9 Å². The molecule has 3 rings (SSSR count). The first kappa shape index (κ1) is 20.6. The van der Waals surface area contributed by atoms with Gasteiger partial charge in [0.15, 0.2) is 0 Å². The van der Waals surface area contributed by atoms with Gasteiger partial charge in [0.2, 0.25) is 11.8 Å². The second-order valence-electron chi connectivity index (χ2n) is 6.16. The first-order valence-corrected chi connectivity index (χ1v) is 8.94. The number of amides is 2. The molecule has 2 N–H and O–H groups in total. The molecule has 1 heterocycles. The average molecular weight is 405 g/mol. The van der Waals surface area contributed by atoms with Crippen molar-refractivity contribution in [2.45, 2.75) is 0 Å². The number of hydrogen-bond donors (Lipinski definition) is 2. The lowest BCUT2D eigenvalue weighted by atomic mass is 10.2. The Morgan fingerprint density at radius 1 is 0.667 bits per heavy atom. The van der Waals surface area contributed by atoms with E-state index in [1.807, 2.05) is 0 Å². The third-order valence-electron chi connectivity index (χ3n) is 3.85. The number of carbonyl (C=O) groups excluding carboxylic acids is 2. The van der Waals surface area contributed by atoms with Crippen molar-refractivity contribution in [2.75, 3.05) is 10.6 Å². The zero-order valence-electron chi connectivity index (χ0n) is 15.7. The predicted molar refractivity (Wildman–Crippen MR) is 112 cm³/mol. The number of halogens is 2. The Bertz CT molecular complexity index is 1010. The lowest BCUT2D eigenvalue weighted by molar-refractivity contribution is -0.112. The number of rotatable bonds is 6. The molecule has 0 aliphatic heterocycles. The van der Waals surface area contributed by atoms with E-state index in [0.29, 0.717) is 11.1 Å². The number of anilines is 2. The van der Waals surface area contributed by atoms with Crippen LogP contribution in [0.5, 0.6) is 0 Å². The molecule has 0 bridgehead atoms. The van der Waals surface area contributed by atoms with Crippen molar-refractivity contribution < 1.29 is 18.4 Å². The minimum Gasteiger partial charge on any atom is -0.307 e. The molecule has 0 fully saturated rings. The minimum absolute atomic E-state index is 0.254. The van der Waals surface area contributed by atoms with Crippen molar-refractivity contribution >= 4 is 35.6 Å². The predicted octanol–water partition coefficient (Wildman–Crippen LogP) is 4.66. The second-order valence-corrected chi connectivity index (χ2v) is 6.16. The monoisotopic (exact) mass is 405 g/mol. The molecule has 0 unspecified atom stereocenters. The Kier molecular flexibility index (Phi) is 6.78. The van der Waals surface area contributed by atoms with Gasteiger partial charge < -0.3 is 10.6 Å². The quantitative estimate of drug-likeness (QED) is 0.586. The second kappa shape index (κ2) is 9.88. The topological polar surface area (TPSA) is 71.1 Å². The first-order valence-electron chi connectivity index (χ1n) is 8.94. The van der Waals surface area contributed by atoms with Crippen LogP contribution < -0.4 is 10.6 Å². The van der Waals surface area contributed by atoms with Crippen molar-refractivity contribution in [1.29, 1.82) is 0 Å². The first-order chi connectivity index (χ1) is 14.5. The summed E-state index contributed by atoms with van der Waals surface area (Å²) in [6.07, 6.45) is 5.68. The molecule has 0 aliphatic carbocycles. The maximum Gasteiger partial charge on any atom is 0.249 e. The number of nitrogens with zero attached hydrogens (tertiary/aromatic N) is 1. The molecule has 1 aromatic heterocycles. The van der Waals surface area contributed by atoms with E-state index in [-0.39, 0.29) is 23.3 Å². The van der Waals surface area contributed by atoms with Crippen molar-refractivity contribution in [3.8, 4) is 0 Å². The van der Waals surface area contributed by atoms with Gasteiger partial charge in [0.25, 0.3) is 0 Å². The van der Waals surface area contributed by atoms with Gasteiger partial charge >= 0.3 is 0 Å². The standard InChI is InChI=1S/C23H17F2N3O2/c24-18-10-4-16(5-11-18)8-14-22(29)27-20-2-1-3-21(26-20)28-23(30)15-9-17-6-12-19(25)13-7-17/h1-15H,(H2,26,27,28,29,30). The SMILES string of the molecule is O=C(C=Cc1ccc(F)cc1)Nc1cccc(NC(=O)C=Cc2ccc(F)cc2)n1. The Labute approximate surface area is 171 Å². The van der Waals surface area contributed by atoms with E-state index >= 15 is 0 Å². The highest BCUT2D eigenvalue weighted by Gasteiger charge is 2.03. The third kappa shape index (κ3) is 6.49. The van der Waals surface area contributed by atoms with Crippen LogP contribution in [0.4, 0.5) is 20.4 Å². The van der Waals surface area contributed by atoms with Gasteiger partial charge in [-0.25, -0.2) is 13.8 Å².